The third-order valence-corrected chi connectivity index (χ3v) is 4.70. The summed E-state index contributed by atoms with van der Waals surface area (Å²) in [5, 5.41) is 2.93. The molecule has 0 aliphatic rings. The van der Waals surface area contributed by atoms with Gasteiger partial charge in [0.25, 0.3) is 0 Å². The molecular weight excluding hydrogens is 306 g/mol. The normalized spacial score (nSPS) is 10.4. The lowest BCUT2D eigenvalue weighted by Crippen LogP contribution is -2.13. The molecule has 3 nitrogen and oxygen atoms in total. The van der Waals surface area contributed by atoms with Gasteiger partial charge in [0.1, 0.15) is 5.75 Å². The summed E-state index contributed by atoms with van der Waals surface area (Å²) in [4.78, 5) is 13.3. The Kier molecular flexibility index (Phi) is 6.11. The average molecular weight is 329 g/mol. The van der Waals surface area contributed by atoms with E-state index in [2.05, 4.69) is 37.4 Å². The van der Waals surface area contributed by atoms with Gasteiger partial charge in [-0.1, -0.05) is 12.1 Å². The number of nitrogens with one attached hydrogen (secondary N) is 1. The van der Waals surface area contributed by atoms with Crippen molar-refractivity contribution in [3.8, 4) is 5.75 Å². The summed E-state index contributed by atoms with van der Waals surface area (Å²) >= 11 is 1.70. The van der Waals surface area contributed by atoms with Crippen molar-refractivity contribution >= 4 is 23.4 Å². The van der Waals surface area contributed by atoms with Crippen LogP contribution in [0.25, 0.3) is 0 Å². The highest BCUT2D eigenvalue weighted by Gasteiger charge is 2.08. The van der Waals surface area contributed by atoms with Gasteiger partial charge in [0.05, 0.1) is 12.8 Å². The standard InChI is InChI=1S/C19H23NO2S/c1-13-5-8-18(22-4)17(11-13)20-19(21)9-10-23-16-7-6-14(2)15(3)12-16/h5-8,11-12H,9-10H2,1-4H3,(H,20,21). The molecule has 23 heavy (non-hydrogen) atoms. The average Bonchev–Trinajstić information content (AvgIpc) is 2.51. The molecular formula is C19H23NO2S. The summed E-state index contributed by atoms with van der Waals surface area (Å²) in [6, 6.07) is 12.2. The Bertz CT molecular complexity index is 698. The molecule has 0 atom stereocenters. The minimum absolute atomic E-state index is 0.00485. The number of hydrogen-bond acceptors (Lipinski definition) is 3. The predicted molar refractivity (Wildman–Crippen MR) is 97.6 cm³/mol. The fourth-order valence-corrected chi connectivity index (χ4v) is 3.15. The van der Waals surface area contributed by atoms with Crippen LogP contribution in [0.2, 0.25) is 0 Å². The molecule has 0 bridgehead atoms. The van der Waals surface area contributed by atoms with E-state index < -0.39 is 0 Å². The van der Waals surface area contributed by atoms with Crippen LogP contribution in [-0.4, -0.2) is 18.8 Å². The van der Waals surface area contributed by atoms with E-state index in [0.717, 1.165) is 17.0 Å². The van der Waals surface area contributed by atoms with Gasteiger partial charge in [-0.3, -0.25) is 4.79 Å². The molecule has 0 spiro atoms. The fraction of sp³-hybridized carbons (Fsp3) is 0.316. The van der Waals surface area contributed by atoms with Gasteiger partial charge in [0, 0.05) is 17.1 Å². The second-order valence-electron chi connectivity index (χ2n) is 5.60. The molecule has 0 heterocycles. The van der Waals surface area contributed by atoms with E-state index in [1.807, 2.05) is 25.1 Å². The number of amides is 1. The molecule has 0 radical (unpaired) electrons. The van der Waals surface area contributed by atoms with Crippen molar-refractivity contribution in [1.29, 1.82) is 0 Å². The van der Waals surface area contributed by atoms with Gasteiger partial charge < -0.3 is 10.1 Å². The fourth-order valence-electron chi connectivity index (χ4n) is 2.20. The second kappa shape index (κ2) is 8.06. The Hall–Kier alpha value is -1.94. The maximum absolute atomic E-state index is 12.1. The SMILES string of the molecule is COc1ccc(C)cc1NC(=O)CCSc1ccc(C)c(C)c1. The van der Waals surface area contributed by atoms with Crippen LogP contribution in [0.15, 0.2) is 41.3 Å². The molecule has 0 fully saturated rings. The van der Waals surface area contributed by atoms with Crippen molar-refractivity contribution < 1.29 is 9.53 Å². The molecule has 0 aromatic heterocycles. The monoisotopic (exact) mass is 329 g/mol. The van der Waals surface area contributed by atoms with Gasteiger partial charge in [0.2, 0.25) is 5.91 Å². The zero-order chi connectivity index (χ0) is 16.8. The Labute approximate surface area is 142 Å². The number of methoxy groups -OCH3 is 1. The van der Waals surface area contributed by atoms with Crippen molar-refractivity contribution in [3.05, 3.63) is 53.1 Å². The first-order chi connectivity index (χ1) is 11.0. The number of aryl methyl sites for hydroxylation is 3. The summed E-state index contributed by atoms with van der Waals surface area (Å²) < 4.78 is 5.28. The largest absolute Gasteiger partial charge is 0.495 e. The first-order valence-corrected chi connectivity index (χ1v) is 8.62. The Balaban J connectivity index is 1.88. The quantitative estimate of drug-likeness (QED) is 0.778. The summed E-state index contributed by atoms with van der Waals surface area (Å²) in [6.07, 6.45) is 0.467. The zero-order valence-electron chi connectivity index (χ0n) is 14.1. The van der Waals surface area contributed by atoms with Crippen LogP contribution < -0.4 is 10.1 Å². The lowest BCUT2D eigenvalue weighted by molar-refractivity contribution is -0.115. The van der Waals surface area contributed by atoms with Crippen LogP contribution in [0.3, 0.4) is 0 Å². The van der Waals surface area contributed by atoms with Gasteiger partial charge in [0.15, 0.2) is 0 Å². The number of benzene rings is 2. The molecule has 4 heteroatoms. The summed E-state index contributed by atoms with van der Waals surface area (Å²) in [5.41, 5.74) is 4.39. The minimum Gasteiger partial charge on any atom is -0.495 e. The molecule has 0 aliphatic heterocycles. The first-order valence-electron chi connectivity index (χ1n) is 7.64. The van der Waals surface area contributed by atoms with Crippen molar-refractivity contribution in [3.63, 3.8) is 0 Å². The lowest BCUT2D eigenvalue weighted by atomic mass is 10.1. The second-order valence-corrected chi connectivity index (χ2v) is 6.76. The van der Waals surface area contributed by atoms with Crippen molar-refractivity contribution in [2.24, 2.45) is 0 Å². The highest BCUT2D eigenvalue weighted by atomic mass is 32.2. The van der Waals surface area contributed by atoms with Gasteiger partial charge in [-0.15, -0.1) is 11.8 Å². The molecule has 1 amide bonds. The van der Waals surface area contributed by atoms with Crippen molar-refractivity contribution in [1.82, 2.24) is 0 Å². The highest BCUT2D eigenvalue weighted by molar-refractivity contribution is 7.99. The molecule has 0 aliphatic carbocycles. The summed E-state index contributed by atoms with van der Waals surface area (Å²) in [5.74, 6) is 1.44. The number of anilines is 1. The van der Waals surface area contributed by atoms with E-state index in [-0.39, 0.29) is 5.91 Å². The van der Waals surface area contributed by atoms with E-state index in [1.54, 1.807) is 18.9 Å². The molecule has 2 rings (SSSR count). The maximum Gasteiger partial charge on any atom is 0.225 e. The number of thioether (sulfide) groups is 1. The van der Waals surface area contributed by atoms with Crippen LogP contribution in [0, 0.1) is 20.8 Å². The summed E-state index contributed by atoms with van der Waals surface area (Å²) in [6.45, 7) is 6.20. The molecule has 1 N–H and O–H groups in total. The molecule has 2 aromatic carbocycles. The number of carbonyl (C=O) groups excluding carboxylic acids is 1. The third kappa shape index (κ3) is 5.03. The molecule has 122 valence electrons. The molecule has 0 saturated carbocycles. The van der Waals surface area contributed by atoms with E-state index in [0.29, 0.717) is 12.2 Å². The first kappa shape index (κ1) is 17.4. The predicted octanol–water partition coefficient (Wildman–Crippen LogP) is 4.74. The van der Waals surface area contributed by atoms with Crippen molar-refractivity contribution in [2.45, 2.75) is 32.1 Å². The lowest BCUT2D eigenvalue weighted by Gasteiger charge is -2.11. The zero-order valence-corrected chi connectivity index (χ0v) is 14.9. The third-order valence-electron chi connectivity index (χ3n) is 3.71. The van der Waals surface area contributed by atoms with E-state index in [4.69, 9.17) is 4.74 Å². The number of rotatable bonds is 6. The van der Waals surface area contributed by atoms with Crippen LogP contribution >= 0.6 is 11.8 Å². The molecule has 2 aromatic rings. The Morgan fingerprint density at radius 3 is 2.57 bits per heavy atom. The van der Waals surface area contributed by atoms with E-state index in [1.165, 1.54) is 16.0 Å². The number of carbonyl (C=O) groups is 1. The van der Waals surface area contributed by atoms with Crippen LogP contribution in [0.1, 0.15) is 23.1 Å². The van der Waals surface area contributed by atoms with Crippen LogP contribution in [0.5, 0.6) is 5.75 Å². The minimum atomic E-state index is 0.00485. The highest BCUT2D eigenvalue weighted by Crippen LogP contribution is 2.26. The van der Waals surface area contributed by atoms with Crippen LogP contribution in [0.4, 0.5) is 5.69 Å². The Morgan fingerprint density at radius 1 is 1.09 bits per heavy atom. The number of hydrogen-bond donors (Lipinski definition) is 1. The van der Waals surface area contributed by atoms with Crippen LogP contribution in [-0.2, 0) is 4.79 Å². The van der Waals surface area contributed by atoms with Gasteiger partial charge >= 0.3 is 0 Å². The van der Waals surface area contributed by atoms with Crippen molar-refractivity contribution in [2.75, 3.05) is 18.2 Å². The topological polar surface area (TPSA) is 38.3 Å². The summed E-state index contributed by atoms with van der Waals surface area (Å²) in [7, 11) is 1.61. The van der Waals surface area contributed by atoms with Gasteiger partial charge in [-0.25, -0.2) is 0 Å². The van der Waals surface area contributed by atoms with Gasteiger partial charge in [-0.05, 0) is 61.7 Å². The van der Waals surface area contributed by atoms with E-state index in [9.17, 15) is 4.79 Å². The maximum atomic E-state index is 12.1. The number of ether oxygens (including phenoxy) is 1. The molecule has 0 unspecified atom stereocenters. The molecule has 0 saturated heterocycles. The smallest absolute Gasteiger partial charge is 0.225 e. The Morgan fingerprint density at radius 2 is 1.87 bits per heavy atom. The van der Waals surface area contributed by atoms with Gasteiger partial charge in [-0.2, -0.15) is 0 Å². The van der Waals surface area contributed by atoms with E-state index >= 15 is 0 Å².